The lowest BCUT2D eigenvalue weighted by atomic mass is 10.0. The number of aliphatic carboxylic acids is 1. The van der Waals surface area contributed by atoms with Gasteiger partial charge >= 0.3 is 5.97 Å². The number of hydrogen-bond donors (Lipinski definition) is 1. The molecule has 0 radical (unpaired) electrons. The minimum atomic E-state index is -0.917. The number of alkyl halides is 1. The van der Waals surface area contributed by atoms with Gasteiger partial charge in [0.15, 0.2) is 0 Å². The Kier molecular flexibility index (Phi) is 4.00. The Labute approximate surface area is 83.7 Å². The highest BCUT2D eigenvalue weighted by atomic mass is 35.5. The average Bonchev–Trinajstić information content (AvgIpc) is 2.04. The molecule has 3 nitrogen and oxygen atoms in total. The van der Waals surface area contributed by atoms with Crippen LogP contribution in [0.4, 0.5) is 0 Å². The summed E-state index contributed by atoms with van der Waals surface area (Å²) in [4.78, 5) is 12.6. The maximum atomic E-state index is 10.5. The van der Waals surface area contributed by atoms with Crippen LogP contribution in [-0.2, 0) is 4.79 Å². The van der Waals surface area contributed by atoms with Crippen LogP contribution in [0.15, 0.2) is 0 Å². The molecule has 1 aliphatic heterocycles. The highest BCUT2D eigenvalue weighted by Crippen LogP contribution is 2.16. The second-order valence-electron chi connectivity index (χ2n) is 3.81. The monoisotopic (exact) mass is 205 g/mol. The molecule has 13 heavy (non-hydrogen) atoms. The largest absolute Gasteiger partial charge is 0.480 e. The van der Waals surface area contributed by atoms with Crippen molar-refractivity contribution in [3.8, 4) is 0 Å². The first-order chi connectivity index (χ1) is 6.09. The molecule has 0 saturated carbocycles. The molecule has 4 heteroatoms. The molecule has 2 unspecified atom stereocenters. The summed E-state index contributed by atoms with van der Waals surface area (Å²) in [7, 11) is 0. The van der Waals surface area contributed by atoms with E-state index in [1.165, 1.54) is 6.42 Å². The van der Waals surface area contributed by atoms with Crippen molar-refractivity contribution in [3.05, 3.63) is 0 Å². The molecule has 1 aliphatic rings. The van der Waals surface area contributed by atoms with Gasteiger partial charge < -0.3 is 10.0 Å². The van der Waals surface area contributed by atoms with E-state index in [0.29, 0.717) is 12.5 Å². The standard InChI is InChI=1S/C9H16ClNO2/c1-7-3-2-4-11(5-7)6-8(10)9(12)13/h7-8H,2-6H2,1H3,(H,12,13). The predicted molar refractivity (Wildman–Crippen MR) is 52.1 cm³/mol. The molecular weight excluding hydrogens is 190 g/mol. The molecule has 1 fully saturated rings. The number of hydrogen-bond acceptors (Lipinski definition) is 2. The van der Waals surface area contributed by atoms with Crippen LogP contribution in [0.25, 0.3) is 0 Å². The van der Waals surface area contributed by atoms with Gasteiger partial charge in [0.05, 0.1) is 0 Å². The van der Waals surface area contributed by atoms with E-state index < -0.39 is 11.3 Å². The van der Waals surface area contributed by atoms with Gasteiger partial charge in [0.25, 0.3) is 0 Å². The lowest BCUT2D eigenvalue weighted by Crippen LogP contribution is -2.40. The zero-order valence-electron chi connectivity index (χ0n) is 7.87. The summed E-state index contributed by atoms with van der Waals surface area (Å²) in [5.74, 6) is -0.244. The number of halogens is 1. The Morgan fingerprint density at radius 3 is 3.00 bits per heavy atom. The number of carboxylic acid groups (broad SMARTS) is 1. The molecule has 1 saturated heterocycles. The first-order valence-electron chi connectivity index (χ1n) is 4.69. The van der Waals surface area contributed by atoms with Crippen LogP contribution >= 0.6 is 11.6 Å². The van der Waals surface area contributed by atoms with E-state index in [9.17, 15) is 4.79 Å². The fourth-order valence-electron chi connectivity index (χ4n) is 1.76. The molecule has 0 aliphatic carbocycles. The van der Waals surface area contributed by atoms with Crippen LogP contribution in [-0.4, -0.2) is 41.0 Å². The van der Waals surface area contributed by atoms with Gasteiger partial charge in [0.1, 0.15) is 5.38 Å². The molecule has 0 amide bonds. The molecule has 1 rings (SSSR count). The summed E-state index contributed by atoms with van der Waals surface area (Å²) in [6.45, 7) is 4.63. The first-order valence-corrected chi connectivity index (χ1v) is 5.12. The van der Waals surface area contributed by atoms with Crippen molar-refractivity contribution in [1.82, 2.24) is 4.90 Å². The van der Waals surface area contributed by atoms with Crippen molar-refractivity contribution in [2.45, 2.75) is 25.1 Å². The van der Waals surface area contributed by atoms with Gasteiger partial charge in [0, 0.05) is 13.1 Å². The third kappa shape index (κ3) is 3.53. The van der Waals surface area contributed by atoms with E-state index in [2.05, 4.69) is 11.8 Å². The first kappa shape index (κ1) is 10.8. The third-order valence-electron chi connectivity index (χ3n) is 2.43. The Balaban J connectivity index is 2.31. The molecule has 0 aromatic carbocycles. The molecule has 0 aromatic rings. The lowest BCUT2D eigenvalue weighted by molar-refractivity contribution is -0.137. The minimum absolute atomic E-state index is 0.473. The quantitative estimate of drug-likeness (QED) is 0.709. The minimum Gasteiger partial charge on any atom is -0.480 e. The van der Waals surface area contributed by atoms with E-state index >= 15 is 0 Å². The summed E-state index contributed by atoms with van der Waals surface area (Å²) in [6, 6.07) is 0. The smallest absolute Gasteiger partial charge is 0.322 e. The van der Waals surface area contributed by atoms with Crippen molar-refractivity contribution < 1.29 is 9.90 Å². The number of carbonyl (C=O) groups is 1. The van der Waals surface area contributed by atoms with Crippen LogP contribution < -0.4 is 0 Å². The van der Waals surface area contributed by atoms with Gasteiger partial charge in [-0.2, -0.15) is 0 Å². The summed E-state index contributed by atoms with van der Waals surface area (Å²) in [5, 5.41) is 7.86. The van der Waals surface area contributed by atoms with Crippen LogP contribution in [0.2, 0.25) is 0 Å². The van der Waals surface area contributed by atoms with Gasteiger partial charge in [0.2, 0.25) is 0 Å². The number of piperidine rings is 1. The van der Waals surface area contributed by atoms with Crippen molar-refractivity contribution in [1.29, 1.82) is 0 Å². The Morgan fingerprint density at radius 1 is 1.77 bits per heavy atom. The van der Waals surface area contributed by atoms with Gasteiger partial charge in [-0.05, 0) is 25.3 Å². The topological polar surface area (TPSA) is 40.5 Å². The number of carboxylic acids is 1. The van der Waals surface area contributed by atoms with Crippen molar-refractivity contribution in [3.63, 3.8) is 0 Å². The predicted octanol–water partition coefficient (Wildman–Crippen LogP) is 1.41. The Hall–Kier alpha value is -0.280. The second kappa shape index (κ2) is 4.82. The summed E-state index contributed by atoms with van der Waals surface area (Å²) < 4.78 is 0. The maximum absolute atomic E-state index is 10.5. The summed E-state index contributed by atoms with van der Waals surface area (Å²) >= 11 is 5.66. The molecule has 1 N–H and O–H groups in total. The van der Waals surface area contributed by atoms with Crippen LogP contribution in [0, 0.1) is 5.92 Å². The van der Waals surface area contributed by atoms with Gasteiger partial charge in [-0.1, -0.05) is 6.92 Å². The van der Waals surface area contributed by atoms with Crippen LogP contribution in [0.1, 0.15) is 19.8 Å². The molecule has 2 atom stereocenters. The van der Waals surface area contributed by atoms with Gasteiger partial charge in [-0.15, -0.1) is 11.6 Å². The number of rotatable bonds is 3. The maximum Gasteiger partial charge on any atom is 0.322 e. The molecule has 0 bridgehead atoms. The number of likely N-dealkylation sites (tertiary alicyclic amines) is 1. The fourth-order valence-corrected chi connectivity index (χ4v) is 1.95. The number of nitrogens with zero attached hydrogens (tertiary/aromatic N) is 1. The van der Waals surface area contributed by atoms with E-state index in [0.717, 1.165) is 19.5 Å². The summed E-state index contributed by atoms with van der Waals surface area (Å²) in [6.07, 6.45) is 2.40. The van der Waals surface area contributed by atoms with E-state index in [-0.39, 0.29) is 0 Å². The lowest BCUT2D eigenvalue weighted by Gasteiger charge is -2.31. The SMILES string of the molecule is CC1CCCN(CC(Cl)C(=O)O)C1. The highest BCUT2D eigenvalue weighted by molar-refractivity contribution is 6.29. The second-order valence-corrected chi connectivity index (χ2v) is 4.34. The molecule has 0 spiro atoms. The molecule has 1 heterocycles. The van der Waals surface area contributed by atoms with Gasteiger partial charge in [-0.25, -0.2) is 0 Å². The van der Waals surface area contributed by atoms with Crippen molar-refractivity contribution in [2.75, 3.05) is 19.6 Å². The van der Waals surface area contributed by atoms with Crippen molar-refractivity contribution >= 4 is 17.6 Å². The molecule has 0 aromatic heterocycles. The third-order valence-corrected chi connectivity index (χ3v) is 2.75. The Bertz CT molecular complexity index is 186. The van der Waals surface area contributed by atoms with Crippen LogP contribution in [0.3, 0.4) is 0 Å². The summed E-state index contributed by atoms with van der Waals surface area (Å²) in [5.41, 5.74) is 0. The van der Waals surface area contributed by atoms with E-state index in [1.54, 1.807) is 0 Å². The normalized spacial score (nSPS) is 27.1. The fraction of sp³-hybridized carbons (Fsp3) is 0.889. The zero-order valence-corrected chi connectivity index (χ0v) is 8.63. The average molecular weight is 206 g/mol. The van der Waals surface area contributed by atoms with Crippen molar-refractivity contribution in [2.24, 2.45) is 5.92 Å². The van der Waals surface area contributed by atoms with E-state index in [4.69, 9.17) is 16.7 Å². The van der Waals surface area contributed by atoms with E-state index in [1.807, 2.05) is 0 Å². The van der Waals surface area contributed by atoms with Crippen LogP contribution in [0.5, 0.6) is 0 Å². The van der Waals surface area contributed by atoms with Gasteiger partial charge in [-0.3, -0.25) is 4.79 Å². The highest BCUT2D eigenvalue weighted by Gasteiger charge is 2.22. The molecular formula is C9H16ClNO2. The zero-order chi connectivity index (χ0) is 9.84. The Morgan fingerprint density at radius 2 is 2.46 bits per heavy atom. The molecule has 76 valence electrons.